The summed E-state index contributed by atoms with van der Waals surface area (Å²) in [5.41, 5.74) is 1.49. The van der Waals surface area contributed by atoms with Gasteiger partial charge < -0.3 is 25.4 Å². The third-order valence-electron chi connectivity index (χ3n) is 4.98. The van der Waals surface area contributed by atoms with Crippen LogP contribution in [0.4, 0.5) is 22.1 Å². The van der Waals surface area contributed by atoms with Crippen LogP contribution in [0, 0.1) is 0 Å². The Morgan fingerprint density at radius 1 is 1.23 bits per heavy atom. The lowest BCUT2D eigenvalue weighted by Crippen LogP contribution is -2.41. The number of halogens is 1. The quantitative estimate of drug-likeness (QED) is 0.559. The molecule has 1 aliphatic heterocycles. The van der Waals surface area contributed by atoms with Crippen molar-refractivity contribution in [3.05, 3.63) is 41.8 Å². The first-order chi connectivity index (χ1) is 14.5. The number of hydrogen-bond acceptors (Lipinski definition) is 7. The van der Waals surface area contributed by atoms with Crippen LogP contribution in [0.3, 0.4) is 0 Å². The molecule has 3 heterocycles. The van der Waals surface area contributed by atoms with Crippen LogP contribution in [0.2, 0.25) is 5.02 Å². The lowest BCUT2D eigenvalue weighted by atomic mass is 10.1. The molecule has 0 atom stereocenters. The molecule has 0 spiro atoms. The third kappa shape index (κ3) is 4.30. The van der Waals surface area contributed by atoms with Gasteiger partial charge in [-0.2, -0.15) is 0 Å². The maximum Gasteiger partial charge on any atom is 0.407 e. The molecular weight excluding hydrogens is 408 g/mol. The zero-order valence-corrected chi connectivity index (χ0v) is 17.1. The molecule has 30 heavy (non-hydrogen) atoms. The van der Waals surface area contributed by atoms with Crippen LogP contribution in [-0.2, 0) is 0 Å². The van der Waals surface area contributed by atoms with Crippen molar-refractivity contribution >= 4 is 45.9 Å². The van der Waals surface area contributed by atoms with Gasteiger partial charge in [-0.15, -0.1) is 0 Å². The summed E-state index contributed by atoms with van der Waals surface area (Å²) in [6.45, 7) is 0.920. The van der Waals surface area contributed by atoms with Crippen molar-refractivity contribution < 1.29 is 14.6 Å². The van der Waals surface area contributed by atoms with E-state index in [-0.39, 0.29) is 6.10 Å². The van der Waals surface area contributed by atoms with Crippen molar-refractivity contribution in [3.63, 3.8) is 0 Å². The molecule has 0 radical (unpaired) electrons. The van der Waals surface area contributed by atoms with Gasteiger partial charge in [-0.25, -0.2) is 19.7 Å². The average molecular weight is 429 g/mol. The number of rotatable bonds is 5. The zero-order valence-electron chi connectivity index (χ0n) is 16.3. The molecule has 3 N–H and O–H groups in total. The minimum Gasteiger partial charge on any atom is -0.489 e. The molecule has 1 aliphatic rings. The Kier molecular flexibility index (Phi) is 5.71. The number of aromatic nitrogens is 3. The number of piperidine rings is 1. The second-order valence-corrected chi connectivity index (χ2v) is 7.32. The number of pyridine rings is 1. The highest BCUT2D eigenvalue weighted by Gasteiger charge is 2.24. The first-order valence-electron chi connectivity index (χ1n) is 9.53. The van der Waals surface area contributed by atoms with Crippen LogP contribution < -0.4 is 15.4 Å². The van der Waals surface area contributed by atoms with Crippen LogP contribution in [-0.4, -0.2) is 57.3 Å². The molecule has 3 aromatic rings. The molecular formula is C20H21ClN6O3. The molecule has 156 valence electrons. The number of hydrogen-bond donors (Lipinski definition) is 3. The van der Waals surface area contributed by atoms with E-state index >= 15 is 0 Å². The van der Waals surface area contributed by atoms with E-state index in [1.54, 1.807) is 25.4 Å². The van der Waals surface area contributed by atoms with Crippen molar-refractivity contribution in [2.75, 3.05) is 30.8 Å². The van der Waals surface area contributed by atoms with E-state index in [9.17, 15) is 4.79 Å². The molecule has 0 bridgehead atoms. The molecule has 1 saturated heterocycles. The van der Waals surface area contributed by atoms with Gasteiger partial charge in [0.1, 0.15) is 29.8 Å². The maximum atomic E-state index is 11.0. The van der Waals surface area contributed by atoms with Gasteiger partial charge in [0, 0.05) is 44.1 Å². The number of carboxylic acid groups (broad SMARTS) is 1. The summed E-state index contributed by atoms with van der Waals surface area (Å²) in [7, 11) is 1.80. The molecule has 0 aliphatic carbocycles. The number of nitrogens with zero attached hydrogens (tertiary/aromatic N) is 4. The first kappa shape index (κ1) is 20.0. The standard InChI is InChI=1S/C20H21ClN6O3/c1-22-18-9-14-16(10-23-18)24-11-25-19(14)26-12-2-3-17(15(21)8-12)30-13-4-6-27(7-5-13)20(28)29/h2-3,8-11,13H,4-7H2,1H3,(H,22,23)(H,28,29)(H,24,25,26). The van der Waals surface area contributed by atoms with Crippen LogP contribution in [0.1, 0.15) is 12.8 Å². The summed E-state index contributed by atoms with van der Waals surface area (Å²) in [5, 5.41) is 16.6. The lowest BCUT2D eigenvalue weighted by molar-refractivity contribution is 0.0895. The Bertz CT molecular complexity index is 1070. The fourth-order valence-electron chi connectivity index (χ4n) is 3.35. The van der Waals surface area contributed by atoms with Crippen LogP contribution in [0.5, 0.6) is 5.75 Å². The van der Waals surface area contributed by atoms with Crippen molar-refractivity contribution in [3.8, 4) is 5.75 Å². The van der Waals surface area contributed by atoms with Crippen molar-refractivity contribution in [1.29, 1.82) is 0 Å². The summed E-state index contributed by atoms with van der Waals surface area (Å²) in [5.74, 6) is 1.94. The SMILES string of the molecule is CNc1cc2c(Nc3ccc(OC4CCN(C(=O)O)CC4)c(Cl)c3)ncnc2cn1. The predicted octanol–water partition coefficient (Wildman–Crippen LogP) is 3.98. The van der Waals surface area contributed by atoms with Gasteiger partial charge in [-0.1, -0.05) is 11.6 Å². The molecule has 0 unspecified atom stereocenters. The second-order valence-electron chi connectivity index (χ2n) is 6.92. The van der Waals surface area contributed by atoms with Crippen LogP contribution in [0.15, 0.2) is 36.8 Å². The Morgan fingerprint density at radius 3 is 2.73 bits per heavy atom. The Balaban J connectivity index is 1.48. The number of likely N-dealkylation sites (tertiary alicyclic amines) is 1. The number of anilines is 3. The molecule has 4 rings (SSSR count). The number of ether oxygens (including phenoxy) is 1. The minimum atomic E-state index is -0.892. The van der Waals surface area contributed by atoms with Crippen molar-refractivity contribution in [2.24, 2.45) is 0 Å². The number of fused-ring (bicyclic) bond motifs is 1. The summed E-state index contributed by atoms with van der Waals surface area (Å²) in [6.07, 6.45) is 3.49. The van der Waals surface area contributed by atoms with Gasteiger partial charge in [-0.3, -0.25) is 0 Å². The minimum absolute atomic E-state index is 0.0600. The molecule has 1 fully saturated rings. The van der Waals surface area contributed by atoms with Gasteiger partial charge in [0.2, 0.25) is 0 Å². The van der Waals surface area contributed by atoms with Crippen LogP contribution in [0.25, 0.3) is 10.9 Å². The highest BCUT2D eigenvalue weighted by Crippen LogP contribution is 2.32. The Morgan fingerprint density at radius 2 is 2.03 bits per heavy atom. The van der Waals surface area contributed by atoms with Gasteiger partial charge in [0.25, 0.3) is 0 Å². The van der Waals surface area contributed by atoms with Crippen molar-refractivity contribution in [2.45, 2.75) is 18.9 Å². The number of benzene rings is 1. The summed E-state index contributed by atoms with van der Waals surface area (Å²) >= 11 is 6.44. The molecule has 0 saturated carbocycles. The van der Waals surface area contributed by atoms with E-state index in [1.165, 1.54) is 11.2 Å². The lowest BCUT2D eigenvalue weighted by Gasteiger charge is -2.30. The fraction of sp³-hybridized carbons (Fsp3) is 0.300. The number of amides is 1. The molecule has 10 heteroatoms. The van der Waals surface area contributed by atoms with Gasteiger partial charge in [0.05, 0.1) is 16.7 Å². The summed E-state index contributed by atoms with van der Waals surface area (Å²) < 4.78 is 6.00. The molecule has 9 nitrogen and oxygen atoms in total. The van der Waals surface area contributed by atoms with E-state index in [1.807, 2.05) is 12.1 Å². The topological polar surface area (TPSA) is 112 Å². The summed E-state index contributed by atoms with van der Waals surface area (Å²) in [6, 6.07) is 7.32. The highest BCUT2D eigenvalue weighted by molar-refractivity contribution is 6.32. The van der Waals surface area contributed by atoms with Gasteiger partial charge in [-0.05, 0) is 24.3 Å². The van der Waals surface area contributed by atoms with Gasteiger partial charge in [0.15, 0.2) is 0 Å². The van der Waals surface area contributed by atoms with Gasteiger partial charge >= 0.3 is 6.09 Å². The average Bonchev–Trinajstić information content (AvgIpc) is 2.76. The first-order valence-corrected chi connectivity index (χ1v) is 9.91. The van der Waals surface area contributed by atoms with E-state index < -0.39 is 6.09 Å². The van der Waals surface area contributed by atoms with E-state index in [0.29, 0.717) is 42.5 Å². The molecule has 1 aromatic carbocycles. The van der Waals surface area contributed by atoms with E-state index in [2.05, 4.69) is 25.6 Å². The van der Waals surface area contributed by atoms with E-state index in [4.69, 9.17) is 21.4 Å². The van der Waals surface area contributed by atoms with Crippen LogP contribution >= 0.6 is 11.6 Å². The molecule has 2 aromatic heterocycles. The largest absolute Gasteiger partial charge is 0.489 e. The second kappa shape index (κ2) is 8.58. The number of carbonyl (C=O) groups is 1. The number of nitrogens with one attached hydrogen (secondary N) is 2. The fourth-order valence-corrected chi connectivity index (χ4v) is 3.58. The predicted molar refractivity (Wildman–Crippen MR) is 115 cm³/mol. The Labute approximate surface area is 178 Å². The monoisotopic (exact) mass is 428 g/mol. The van der Waals surface area contributed by atoms with E-state index in [0.717, 1.165) is 22.4 Å². The molecule has 1 amide bonds. The normalized spacial score (nSPS) is 14.5. The zero-order chi connectivity index (χ0) is 21.1. The third-order valence-corrected chi connectivity index (χ3v) is 5.27. The maximum absolute atomic E-state index is 11.0. The smallest absolute Gasteiger partial charge is 0.407 e. The summed E-state index contributed by atoms with van der Waals surface area (Å²) in [4.78, 5) is 25.3. The highest BCUT2D eigenvalue weighted by atomic mass is 35.5. The Hall–Kier alpha value is -3.33. The van der Waals surface area contributed by atoms with Crippen molar-refractivity contribution in [1.82, 2.24) is 19.9 Å².